The fraction of sp³-hybridized carbons (Fsp3) is 0.647. The molecule has 2 aliphatic heterocycles. The third-order valence-electron chi connectivity index (χ3n) is 5.33. The lowest BCUT2D eigenvalue weighted by atomic mass is 9.78. The molecule has 1 aromatic rings. The fourth-order valence-corrected chi connectivity index (χ4v) is 3.46. The Hall–Kier alpha value is -1.02. The maximum absolute atomic E-state index is 3.54. The molecule has 3 rings (SSSR count). The first-order chi connectivity index (χ1) is 9.20. The SMILES string of the molecule is CCC1(C)CCN(CC2CNc3ccccc32)CC1. The van der Waals surface area contributed by atoms with Crippen LogP contribution >= 0.6 is 0 Å². The standard InChI is InChI=1S/C17H26N2/c1-3-17(2)8-10-19(11-9-17)13-14-12-18-16-7-5-4-6-15(14)16/h4-7,14,18H,3,8-13H2,1-2H3. The van der Waals surface area contributed by atoms with Crippen LogP contribution in [-0.2, 0) is 0 Å². The minimum atomic E-state index is 0.600. The average molecular weight is 258 g/mol. The monoisotopic (exact) mass is 258 g/mol. The third-order valence-corrected chi connectivity index (χ3v) is 5.33. The summed E-state index contributed by atoms with van der Waals surface area (Å²) in [5.41, 5.74) is 3.47. The van der Waals surface area contributed by atoms with E-state index >= 15 is 0 Å². The first-order valence-electron chi connectivity index (χ1n) is 7.75. The summed E-state index contributed by atoms with van der Waals surface area (Å²) in [6.45, 7) is 9.69. The van der Waals surface area contributed by atoms with Crippen molar-refractivity contribution in [2.24, 2.45) is 5.41 Å². The molecule has 1 fully saturated rings. The molecular formula is C17H26N2. The quantitative estimate of drug-likeness (QED) is 0.889. The van der Waals surface area contributed by atoms with Crippen molar-refractivity contribution in [3.8, 4) is 0 Å². The summed E-state index contributed by atoms with van der Waals surface area (Å²) in [6.07, 6.45) is 4.06. The van der Waals surface area contributed by atoms with E-state index in [1.54, 1.807) is 0 Å². The first kappa shape index (κ1) is 13.0. The number of para-hydroxylation sites is 1. The number of nitrogens with one attached hydrogen (secondary N) is 1. The van der Waals surface area contributed by atoms with Crippen molar-refractivity contribution >= 4 is 5.69 Å². The minimum Gasteiger partial charge on any atom is -0.384 e. The van der Waals surface area contributed by atoms with Crippen molar-refractivity contribution in [3.63, 3.8) is 0 Å². The Morgan fingerprint density at radius 2 is 2.00 bits per heavy atom. The molecule has 2 heteroatoms. The Labute approximate surface area is 117 Å². The van der Waals surface area contributed by atoms with E-state index in [0.717, 1.165) is 6.54 Å². The Balaban J connectivity index is 1.59. The van der Waals surface area contributed by atoms with Crippen LogP contribution in [0, 0.1) is 5.41 Å². The number of anilines is 1. The van der Waals surface area contributed by atoms with E-state index in [-0.39, 0.29) is 0 Å². The van der Waals surface area contributed by atoms with Crippen molar-refractivity contribution in [2.75, 3.05) is 31.5 Å². The van der Waals surface area contributed by atoms with Crippen molar-refractivity contribution < 1.29 is 0 Å². The van der Waals surface area contributed by atoms with E-state index in [0.29, 0.717) is 11.3 Å². The average Bonchev–Trinajstić information content (AvgIpc) is 2.85. The van der Waals surface area contributed by atoms with Gasteiger partial charge < -0.3 is 10.2 Å². The summed E-state index contributed by atoms with van der Waals surface area (Å²) in [5, 5.41) is 3.54. The van der Waals surface area contributed by atoms with E-state index < -0.39 is 0 Å². The molecule has 1 N–H and O–H groups in total. The Bertz CT molecular complexity index is 433. The lowest BCUT2D eigenvalue weighted by molar-refractivity contribution is 0.111. The van der Waals surface area contributed by atoms with Crippen molar-refractivity contribution in [2.45, 2.75) is 39.0 Å². The normalized spacial score (nSPS) is 25.9. The summed E-state index contributed by atoms with van der Waals surface area (Å²) in [5.74, 6) is 0.683. The lowest BCUT2D eigenvalue weighted by Crippen LogP contribution is -2.40. The number of nitrogens with zero attached hydrogens (tertiary/aromatic N) is 1. The van der Waals surface area contributed by atoms with E-state index in [4.69, 9.17) is 0 Å². The topological polar surface area (TPSA) is 15.3 Å². The third kappa shape index (κ3) is 2.64. The minimum absolute atomic E-state index is 0.600. The highest BCUT2D eigenvalue weighted by Gasteiger charge is 2.30. The largest absolute Gasteiger partial charge is 0.384 e. The van der Waals surface area contributed by atoms with Crippen LogP contribution < -0.4 is 5.32 Å². The molecule has 1 atom stereocenters. The number of piperidine rings is 1. The second-order valence-corrected chi connectivity index (χ2v) is 6.63. The zero-order valence-corrected chi connectivity index (χ0v) is 12.3. The van der Waals surface area contributed by atoms with Crippen LogP contribution in [0.5, 0.6) is 0 Å². The molecule has 0 bridgehead atoms. The van der Waals surface area contributed by atoms with Gasteiger partial charge in [-0.15, -0.1) is 0 Å². The summed E-state index contributed by atoms with van der Waals surface area (Å²) in [4.78, 5) is 2.67. The highest BCUT2D eigenvalue weighted by Crippen LogP contribution is 2.36. The molecule has 1 aromatic carbocycles. The number of rotatable bonds is 3. The Kier molecular flexibility index (Phi) is 3.53. The zero-order valence-electron chi connectivity index (χ0n) is 12.3. The van der Waals surface area contributed by atoms with Gasteiger partial charge in [0, 0.05) is 24.7 Å². The van der Waals surface area contributed by atoms with Gasteiger partial charge in [0.2, 0.25) is 0 Å². The van der Waals surface area contributed by atoms with Gasteiger partial charge in [-0.25, -0.2) is 0 Å². The first-order valence-corrected chi connectivity index (χ1v) is 7.75. The highest BCUT2D eigenvalue weighted by atomic mass is 15.1. The number of hydrogen-bond donors (Lipinski definition) is 1. The van der Waals surface area contributed by atoms with Gasteiger partial charge in [0.15, 0.2) is 0 Å². The molecule has 2 aliphatic rings. The summed E-state index contributed by atoms with van der Waals surface area (Å²) in [6, 6.07) is 8.80. The molecule has 104 valence electrons. The lowest BCUT2D eigenvalue weighted by Gasteiger charge is -2.39. The van der Waals surface area contributed by atoms with Gasteiger partial charge in [0.25, 0.3) is 0 Å². The highest BCUT2D eigenvalue weighted by molar-refractivity contribution is 5.57. The van der Waals surface area contributed by atoms with Gasteiger partial charge >= 0.3 is 0 Å². The zero-order chi connectivity index (χ0) is 13.3. The molecule has 0 saturated carbocycles. The van der Waals surface area contributed by atoms with Crippen LogP contribution in [0.15, 0.2) is 24.3 Å². The smallest absolute Gasteiger partial charge is 0.0376 e. The van der Waals surface area contributed by atoms with Gasteiger partial charge in [-0.2, -0.15) is 0 Å². The molecule has 19 heavy (non-hydrogen) atoms. The van der Waals surface area contributed by atoms with Gasteiger partial charge in [-0.05, 0) is 43.0 Å². The Morgan fingerprint density at radius 1 is 1.26 bits per heavy atom. The molecule has 0 radical (unpaired) electrons. The van der Waals surface area contributed by atoms with Gasteiger partial charge in [0.1, 0.15) is 0 Å². The van der Waals surface area contributed by atoms with Crippen LogP contribution in [0.2, 0.25) is 0 Å². The van der Waals surface area contributed by atoms with E-state index in [9.17, 15) is 0 Å². The van der Waals surface area contributed by atoms with Crippen molar-refractivity contribution in [3.05, 3.63) is 29.8 Å². The van der Waals surface area contributed by atoms with Gasteiger partial charge in [-0.1, -0.05) is 38.5 Å². The second-order valence-electron chi connectivity index (χ2n) is 6.63. The number of likely N-dealkylation sites (tertiary alicyclic amines) is 1. The summed E-state index contributed by atoms with van der Waals surface area (Å²) in [7, 11) is 0. The van der Waals surface area contributed by atoms with Crippen LogP contribution in [-0.4, -0.2) is 31.1 Å². The van der Waals surface area contributed by atoms with Crippen LogP contribution in [0.1, 0.15) is 44.6 Å². The predicted molar refractivity (Wildman–Crippen MR) is 81.7 cm³/mol. The number of fused-ring (bicyclic) bond motifs is 1. The van der Waals surface area contributed by atoms with Gasteiger partial charge in [0.05, 0.1) is 0 Å². The second kappa shape index (κ2) is 5.16. The number of benzene rings is 1. The number of hydrogen-bond acceptors (Lipinski definition) is 2. The summed E-state index contributed by atoms with van der Waals surface area (Å²) < 4.78 is 0. The molecule has 0 spiro atoms. The molecule has 0 aliphatic carbocycles. The molecule has 1 saturated heterocycles. The maximum atomic E-state index is 3.54. The molecule has 1 unspecified atom stereocenters. The summed E-state index contributed by atoms with van der Waals surface area (Å²) >= 11 is 0. The van der Waals surface area contributed by atoms with Crippen molar-refractivity contribution in [1.82, 2.24) is 4.90 Å². The van der Waals surface area contributed by atoms with E-state index in [1.807, 2.05) is 0 Å². The fourth-order valence-electron chi connectivity index (χ4n) is 3.46. The van der Waals surface area contributed by atoms with Crippen molar-refractivity contribution in [1.29, 1.82) is 0 Å². The molecule has 0 amide bonds. The molecule has 0 aromatic heterocycles. The molecule has 2 heterocycles. The predicted octanol–water partition coefficient (Wildman–Crippen LogP) is 3.71. The van der Waals surface area contributed by atoms with E-state index in [2.05, 4.69) is 48.3 Å². The Morgan fingerprint density at radius 3 is 2.74 bits per heavy atom. The van der Waals surface area contributed by atoms with Gasteiger partial charge in [-0.3, -0.25) is 0 Å². The molecular weight excluding hydrogens is 232 g/mol. The van der Waals surface area contributed by atoms with E-state index in [1.165, 1.54) is 50.1 Å². The van der Waals surface area contributed by atoms with Crippen LogP contribution in [0.3, 0.4) is 0 Å². The maximum Gasteiger partial charge on any atom is 0.0376 e. The molecule has 2 nitrogen and oxygen atoms in total. The van der Waals surface area contributed by atoms with Crippen LogP contribution in [0.4, 0.5) is 5.69 Å². The van der Waals surface area contributed by atoms with Crippen LogP contribution in [0.25, 0.3) is 0 Å².